The first-order valence-electron chi connectivity index (χ1n) is 10.4. The molecule has 0 saturated carbocycles. The van der Waals surface area contributed by atoms with E-state index in [-0.39, 0.29) is 11.4 Å². The molecule has 0 aliphatic carbocycles. The predicted molar refractivity (Wildman–Crippen MR) is 126 cm³/mol. The second-order valence-electron chi connectivity index (χ2n) is 7.49. The first-order chi connectivity index (χ1) is 15.3. The van der Waals surface area contributed by atoms with Gasteiger partial charge in [-0.3, -0.25) is 9.10 Å². The number of carbonyl (C=O) groups excluding carboxylic acids is 1. The van der Waals surface area contributed by atoms with Crippen molar-refractivity contribution in [2.24, 2.45) is 0 Å². The lowest BCUT2D eigenvalue weighted by Crippen LogP contribution is -2.40. The van der Waals surface area contributed by atoms with Crippen molar-refractivity contribution in [2.75, 3.05) is 17.5 Å². The largest absolute Gasteiger partial charge is 0.492 e. The molecule has 0 aliphatic rings. The van der Waals surface area contributed by atoms with E-state index in [1.54, 1.807) is 48.5 Å². The monoisotopic (exact) mass is 452 g/mol. The van der Waals surface area contributed by atoms with Crippen LogP contribution < -0.4 is 14.4 Å². The molecular formula is C25H28N2O4S. The van der Waals surface area contributed by atoms with E-state index in [4.69, 9.17) is 4.74 Å². The molecule has 0 aliphatic heterocycles. The van der Waals surface area contributed by atoms with Gasteiger partial charge in [0.2, 0.25) is 5.91 Å². The summed E-state index contributed by atoms with van der Waals surface area (Å²) in [5, 5.41) is 2.82. The zero-order chi connectivity index (χ0) is 23.1. The van der Waals surface area contributed by atoms with Crippen LogP contribution in [0.1, 0.15) is 23.6 Å². The number of benzene rings is 3. The molecule has 1 N–H and O–H groups in total. The Morgan fingerprint density at radius 1 is 0.906 bits per heavy atom. The third-order valence-corrected chi connectivity index (χ3v) is 6.71. The van der Waals surface area contributed by atoms with Crippen molar-refractivity contribution in [1.82, 2.24) is 5.32 Å². The van der Waals surface area contributed by atoms with Crippen molar-refractivity contribution < 1.29 is 17.9 Å². The summed E-state index contributed by atoms with van der Waals surface area (Å²) < 4.78 is 33.8. The van der Waals surface area contributed by atoms with Crippen molar-refractivity contribution in [2.45, 2.75) is 32.2 Å². The zero-order valence-corrected chi connectivity index (χ0v) is 19.4. The minimum atomic E-state index is -4.00. The number of carbonyl (C=O) groups is 1. The van der Waals surface area contributed by atoms with Gasteiger partial charge in [-0.05, 0) is 50.6 Å². The van der Waals surface area contributed by atoms with Gasteiger partial charge in [-0.15, -0.1) is 0 Å². The number of anilines is 1. The summed E-state index contributed by atoms with van der Waals surface area (Å²) in [6.07, 6.45) is 0. The molecule has 0 radical (unpaired) electrons. The molecule has 0 saturated heterocycles. The second kappa shape index (κ2) is 10.3. The summed E-state index contributed by atoms with van der Waals surface area (Å²) in [6.45, 7) is 6.01. The molecule has 0 unspecified atom stereocenters. The van der Waals surface area contributed by atoms with E-state index >= 15 is 0 Å². The van der Waals surface area contributed by atoms with Crippen LogP contribution in [-0.2, 0) is 21.4 Å². The topological polar surface area (TPSA) is 75.7 Å². The van der Waals surface area contributed by atoms with Gasteiger partial charge < -0.3 is 10.1 Å². The van der Waals surface area contributed by atoms with E-state index < -0.39 is 15.9 Å². The number of ether oxygens (including phenoxy) is 1. The number of nitrogens with one attached hydrogen (secondary N) is 1. The van der Waals surface area contributed by atoms with Crippen molar-refractivity contribution in [3.63, 3.8) is 0 Å². The second-order valence-corrected chi connectivity index (χ2v) is 9.35. The van der Waals surface area contributed by atoms with Crippen LogP contribution in [0.4, 0.5) is 5.69 Å². The Labute approximate surface area is 189 Å². The van der Waals surface area contributed by atoms with Crippen molar-refractivity contribution >= 4 is 21.6 Å². The van der Waals surface area contributed by atoms with Crippen LogP contribution in [0.5, 0.6) is 5.75 Å². The molecule has 3 rings (SSSR count). The van der Waals surface area contributed by atoms with Gasteiger partial charge in [0.1, 0.15) is 12.3 Å². The number of rotatable bonds is 9. The lowest BCUT2D eigenvalue weighted by atomic mass is 10.1. The third kappa shape index (κ3) is 5.68. The molecule has 0 fully saturated rings. The fourth-order valence-corrected chi connectivity index (χ4v) is 4.60. The minimum Gasteiger partial charge on any atom is -0.492 e. The zero-order valence-electron chi connectivity index (χ0n) is 18.5. The molecule has 3 aromatic rings. The van der Waals surface area contributed by atoms with Crippen molar-refractivity contribution in [1.29, 1.82) is 0 Å². The highest BCUT2D eigenvalue weighted by molar-refractivity contribution is 7.92. The van der Waals surface area contributed by atoms with Crippen LogP contribution in [0.3, 0.4) is 0 Å². The Hall–Kier alpha value is -3.32. The normalized spacial score (nSPS) is 11.1. The molecule has 0 atom stereocenters. The van der Waals surface area contributed by atoms with E-state index in [0.717, 1.165) is 21.0 Å². The van der Waals surface area contributed by atoms with Crippen LogP contribution in [0.2, 0.25) is 0 Å². The van der Waals surface area contributed by atoms with Gasteiger partial charge in [0.15, 0.2) is 0 Å². The van der Waals surface area contributed by atoms with Gasteiger partial charge in [-0.1, -0.05) is 59.7 Å². The number of hydrogen-bond donors (Lipinski definition) is 1. The highest BCUT2D eigenvalue weighted by atomic mass is 32.2. The molecule has 0 spiro atoms. The maximum absolute atomic E-state index is 13.5. The maximum Gasteiger partial charge on any atom is 0.264 e. The summed E-state index contributed by atoms with van der Waals surface area (Å²) in [4.78, 5) is 12.9. The number of para-hydroxylation sites is 2. The molecule has 0 aromatic heterocycles. The Morgan fingerprint density at radius 3 is 2.12 bits per heavy atom. The molecule has 0 heterocycles. The summed E-state index contributed by atoms with van der Waals surface area (Å²) >= 11 is 0. The van der Waals surface area contributed by atoms with Crippen LogP contribution in [0.25, 0.3) is 0 Å². The molecule has 6 nitrogen and oxygen atoms in total. The first kappa shape index (κ1) is 23.3. The average Bonchev–Trinajstić information content (AvgIpc) is 2.78. The number of amides is 1. The highest BCUT2D eigenvalue weighted by Gasteiger charge is 2.29. The fourth-order valence-electron chi connectivity index (χ4n) is 3.17. The number of nitrogens with zero attached hydrogens (tertiary/aromatic N) is 1. The van der Waals surface area contributed by atoms with E-state index in [1.807, 2.05) is 45.0 Å². The molecule has 168 valence electrons. The standard InChI is InChI=1S/C25H28N2O4S/c1-4-31-24-8-6-5-7-23(24)27(32(29,30)22-15-11-20(3)12-16-22)18-25(28)26-17-21-13-9-19(2)10-14-21/h5-16H,4,17-18H2,1-3H3,(H,26,28). The lowest BCUT2D eigenvalue weighted by Gasteiger charge is -2.26. The molecule has 3 aromatic carbocycles. The van der Waals surface area contributed by atoms with Crippen LogP contribution >= 0.6 is 0 Å². The average molecular weight is 453 g/mol. The Balaban J connectivity index is 1.91. The van der Waals surface area contributed by atoms with Crippen molar-refractivity contribution in [3.8, 4) is 5.75 Å². The summed E-state index contributed by atoms with van der Waals surface area (Å²) in [7, 11) is -4.00. The van der Waals surface area contributed by atoms with Gasteiger partial charge in [-0.25, -0.2) is 8.42 Å². The van der Waals surface area contributed by atoms with Crippen molar-refractivity contribution in [3.05, 3.63) is 89.5 Å². The Kier molecular flexibility index (Phi) is 7.53. The summed E-state index contributed by atoms with van der Waals surface area (Å²) in [5.74, 6) is -0.00964. The van der Waals surface area contributed by atoms with E-state index in [9.17, 15) is 13.2 Å². The SMILES string of the molecule is CCOc1ccccc1N(CC(=O)NCc1ccc(C)cc1)S(=O)(=O)c1ccc(C)cc1. The third-order valence-electron chi connectivity index (χ3n) is 4.94. The van der Waals surface area contributed by atoms with Gasteiger partial charge in [0, 0.05) is 6.54 Å². The smallest absolute Gasteiger partial charge is 0.264 e. The first-order valence-corrected chi connectivity index (χ1v) is 11.9. The fraction of sp³-hybridized carbons (Fsp3) is 0.240. The van der Waals surface area contributed by atoms with E-state index in [2.05, 4.69) is 5.32 Å². The molecule has 32 heavy (non-hydrogen) atoms. The Bertz CT molecular complexity index is 1160. The molecule has 1 amide bonds. The summed E-state index contributed by atoms with van der Waals surface area (Å²) in [5.41, 5.74) is 3.33. The number of sulfonamides is 1. The number of hydrogen-bond acceptors (Lipinski definition) is 4. The van der Waals surface area contributed by atoms with Crippen LogP contribution in [0, 0.1) is 13.8 Å². The van der Waals surface area contributed by atoms with Gasteiger partial charge in [0.05, 0.1) is 17.2 Å². The van der Waals surface area contributed by atoms with Gasteiger partial charge >= 0.3 is 0 Å². The van der Waals surface area contributed by atoms with E-state index in [0.29, 0.717) is 24.6 Å². The van der Waals surface area contributed by atoms with Gasteiger partial charge in [-0.2, -0.15) is 0 Å². The summed E-state index contributed by atoms with van der Waals surface area (Å²) in [6, 6.07) is 21.2. The van der Waals surface area contributed by atoms with Crippen LogP contribution in [0.15, 0.2) is 77.7 Å². The van der Waals surface area contributed by atoms with Crippen LogP contribution in [-0.4, -0.2) is 27.5 Å². The molecule has 7 heteroatoms. The van der Waals surface area contributed by atoms with E-state index in [1.165, 1.54) is 0 Å². The number of aryl methyl sites for hydroxylation is 2. The minimum absolute atomic E-state index is 0.112. The quantitative estimate of drug-likeness (QED) is 0.528. The lowest BCUT2D eigenvalue weighted by molar-refractivity contribution is -0.119. The highest BCUT2D eigenvalue weighted by Crippen LogP contribution is 2.32. The predicted octanol–water partition coefficient (Wildman–Crippen LogP) is 4.21. The van der Waals surface area contributed by atoms with Gasteiger partial charge in [0.25, 0.3) is 10.0 Å². The molecular weight excluding hydrogens is 424 g/mol. The Morgan fingerprint density at radius 2 is 1.50 bits per heavy atom. The molecule has 0 bridgehead atoms. The maximum atomic E-state index is 13.5.